The quantitative estimate of drug-likeness (QED) is 0.470. The van der Waals surface area contributed by atoms with Crippen LogP contribution in [-0.4, -0.2) is 38.3 Å². The summed E-state index contributed by atoms with van der Waals surface area (Å²) >= 11 is 3.34. The Morgan fingerprint density at radius 1 is 1.03 bits per heavy atom. The lowest BCUT2D eigenvalue weighted by Gasteiger charge is -2.27. The van der Waals surface area contributed by atoms with E-state index in [1.54, 1.807) is 30.3 Å². The molecule has 168 valence electrons. The maximum atomic E-state index is 13.1. The summed E-state index contributed by atoms with van der Waals surface area (Å²) in [4.78, 5) is 2.32. The van der Waals surface area contributed by atoms with Crippen LogP contribution in [0.5, 0.6) is 5.75 Å². The molecule has 2 heterocycles. The van der Waals surface area contributed by atoms with Gasteiger partial charge in [0.1, 0.15) is 10.6 Å². The molecule has 0 amide bonds. The van der Waals surface area contributed by atoms with Gasteiger partial charge in [0.15, 0.2) is 5.82 Å². The number of piperidine rings is 1. The highest BCUT2D eigenvalue weighted by molar-refractivity contribution is 9.10. The molecule has 0 aliphatic carbocycles. The summed E-state index contributed by atoms with van der Waals surface area (Å²) in [6.45, 7) is 4.19. The third kappa shape index (κ3) is 5.21. The minimum Gasteiger partial charge on any atom is -0.492 e. The predicted molar refractivity (Wildman–Crippen MR) is 130 cm³/mol. The number of sulfonamides is 1. The first-order chi connectivity index (χ1) is 15.5. The number of halogens is 1. The van der Waals surface area contributed by atoms with E-state index in [-0.39, 0.29) is 4.90 Å². The minimum atomic E-state index is -3.86. The van der Waals surface area contributed by atoms with Crippen molar-refractivity contribution in [2.75, 3.05) is 29.3 Å². The summed E-state index contributed by atoms with van der Waals surface area (Å²) in [5.74, 6) is 1.18. The van der Waals surface area contributed by atoms with Gasteiger partial charge < -0.3 is 9.64 Å². The van der Waals surface area contributed by atoms with E-state index in [0.717, 1.165) is 24.5 Å². The van der Waals surface area contributed by atoms with E-state index in [2.05, 4.69) is 35.7 Å². The molecule has 0 radical (unpaired) electrons. The molecule has 1 saturated heterocycles. The minimum absolute atomic E-state index is 0.0739. The van der Waals surface area contributed by atoms with Crippen molar-refractivity contribution in [1.82, 2.24) is 10.2 Å². The van der Waals surface area contributed by atoms with Gasteiger partial charge in [0.05, 0.1) is 12.3 Å². The van der Waals surface area contributed by atoms with Crippen LogP contribution < -0.4 is 14.4 Å². The molecule has 0 atom stereocenters. The van der Waals surface area contributed by atoms with Gasteiger partial charge in [-0.2, -0.15) is 0 Å². The molecule has 1 aliphatic heterocycles. The fourth-order valence-corrected chi connectivity index (χ4v) is 5.42. The number of hydrogen-bond acceptors (Lipinski definition) is 6. The van der Waals surface area contributed by atoms with Crippen LogP contribution in [0, 0.1) is 0 Å². The molecule has 0 bridgehead atoms. The fraction of sp³-hybridized carbons (Fsp3) is 0.304. The summed E-state index contributed by atoms with van der Waals surface area (Å²) in [6.07, 6.45) is 3.61. The Hall–Kier alpha value is -2.65. The topological polar surface area (TPSA) is 84.4 Å². The third-order valence-corrected chi connectivity index (χ3v) is 7.13. The molecule has 0 spiro atoms. The van der Waals surface area contributed by atoms with Gasteiger partial charge in [0, 0.05) is 28.8 Å². The van der Waals surface area contributed by atoms with Crippen molar-refractivity contribution in [3.63, 3.8) is 0 Å². The first kappa shape index (κ1) is 22.5. The number of ether oxygens (including phenoxy) is 1. The first-order valence-electron chi connectivity index (χ1n) is 10.6. The van der Waals surface area contributed by atoms with Crippen LogP contribution in [0.3, 0.4) is 0 Å². The number of hydrogen-bond donors (Lipinski definition) is 1. The molecular formula is C23H25BrN4O3S. The summed E-state index contributed by atoms with van der Waals surface area (Å²) in [5.41, 5.74) is 1.90. The highest BCUT2D eigenvalue weighted by atomic mass is 79.9. The predicted octanol–water partition coefficient (Wildman–Crippen LogP) is 5.10. The van der Waals surface area contributed by atoms with Gasteiger partial charge >= 0.3 is 0 Å². The molecule has 1 aliphatic rings. The standard InChI is InChI=1S/C23H25BrN4O3S/c1-2-31-21-11-9-18(24)16-22(21)32(29,30)27-19-8-6-7-17(15-19)20-10-12-23(26-25-20)28-13-4-3-5-14-28/h6-12,15-16,27H,2-5,13-14H2,1H3. The lowest BCUT2D eigenvalue weighted by Crippen LogP contribution is -2.30. The number of anilines is 2. The largest absolute Gasteiger partial charge is 0.492 e. The van der Waals surface area contributed by atoms with E-state index in [1.165, 1.54) is 25.3 Å². The Labute approximate surface area is 197 Å². The van der Waals surface area contributed by atoms with Crippen molar-refractivity contribution in [3.8, 4) is 17.0 Å². The summed E-state index contributed by atoms with van der Waals surface area (Å²) in [7, 11) is -3.86. The SMILES string of the molecule is CCOc1ccc(Br)cc1S(=O)(=O)Nc1cccc(-c2ccc(N3CCCCC3)nn2)c1. The van der Waals surface area contributed by atoms with Crippen molar-refractivity contribution in [1.29, 1.82) is 0 Å². The van der Waals surface area contributed by atoms with Crippen LogP contribution in [0.15, 0.2) is 64.0 Å². The van der Waals surface area contributed by atoms with Gasteiger partial charge in [-0.3, -0.25) is 4.72 Å². The molecule has 7 nitrogen and oxygen atoms in total. The second kappa shape index (κ2) is 9.87. The molecule has 0 unspecified atom stereocenters. The zero-order chi connectivity index (χ0) is 22.6. The number of rotatable bonds is 7. The molecule has 1 fully saturated rings. The Morgan fingerprint density at radius 2 is 1.84 bits per heavy atom. The van der Waals surface area contributed by atoms with Crippen molar-refractivity contribution < 1.29 is 13.2 Å². The molecule has 2 aromatic carbocycles. The smallest absolute Gasteiger partial charge is 0.265 e. The molecular weight excluding hydrogens is 492 g/mol. The van der Waals surface area contributed by atoms with Crippen molar-refractivity contribution in [2.45, 2.75) is 31.1 Å². The molecule has 1 N–H and O–H groups in total. The lowest BCUT2D eigenvalue weighted by atomic mass is 10.1. The Kier molecular flexibility index (Phi) is 6.95. The fourth-order valence-electron chi connectivity index (χ4n) is 3.69. The number of nitrogens with one attached hydrogen (secondary N) is 1. The Morgan fingerprint density at radius 3 is 2.56 bits per heavy atom. The number of aromatic nitrogens is 2. The molecule has 3 aromatic rings. The molecule has 9 heteroatoms. The zero-order valence-electron chi connectivity index (χ0n) is 17.8. The Bertz CT molecular complexity index is 1180. The maximum Gasteiger partial charge on any atom is 0.265 e. The molecule has 32 heavy (non-hydrogen) atoms. The highest BCUT2D eigenvalue weighted by Gasteiger charge is 2.21. The molecule has 1 aromatic heterocycles. The van der Waals surface area contributed by atoms with Crippen LogP contribution in [-0.2, 0) is 10.0 Å². The number of benzene rings is 2. The van der Waals surface area contributed by atoms with Gasteiger partial charge in [-0.1, -0.05) is 28.1 Å². The highest BCUT2D eigenvalue weighted by Crippen LogP contribution is 2.30. The van der Waals surface area contributed by atoms with Gasteiger partial charge in [0.25, 0.3) is 10.0 Å². The van der Waals surface area contributed by atoms with E-state index < -0.39 is 10.0 Å². The monoisotopic (exact) mass is 516 g/mol. The third-order valence-electron chi connectivity index (χ3n) is 5.24. The maximum absolute atomic E-state index is 13.1. The van der Waals surface area contributed by atoms with E-state index in [0.29, 0.717) is 28.2 Å². The molecule has 0 saturated carbocycles. The van der Waals surface area contributed by atoms with Gasteiger partial charge in [-0.15, -0.1) is 10.2 Å². The first-order valence-corrected chi connectivity index (χ1v) is 12.9. The van der Waals surface area contributed by atoms with E-state index >= 15 is 0 Å². The Balaban J connectivity index is 1.56. The van der Waals surface area contributed by atoms with Crippen LogP contribution in [0.25, 0.3) is 11.3 Å². The zero-order valence-corrected chi connectivity index (χ0v) is 20.2. The van der Waals surface area contributed by atoms with E-state index in [4.69, 9.17) is 4.74 Å². The average molecular weight is 517 g/mol. The van der Waals surface area contributed by atoms with E-state index in [9.17, 15) is 8.42 Å². The molecule has 4 rings (SSSR count). The van der Waals surface area contributed by atoms with Crippen LogP contribution in [0.2, 0.25) is 0 Å². The van der Waals surface area contributed by atoms with Gasteiger partial charge in [0.2, 0.25) is 0 Å². The second-order valence-corrected chi connectivity index (χ2v) is 10.1. The van der Waals surface area contributed by atoms with Crippen LogP contribution in [0.1, 0.15) is 26.2 Å². The van der Waals surface area contributed by atoms with Crippen molar-refractivity contribution in [3.05, 3.63) is 59.1 Å². The lowest BCUT2D eigenvalue weighted by molar-refractivity contribution is 0.331. The average Bonchev–Trinajstić information content (AvgIpc) is 2.81. The van der Waals surface area contributed by atoms with Crippen molar-refractivity contribution >= 4 is 37.5 Å². The summed E-state index contributed by atoms with van der Waals surface area (Å²) in [6, 6.07) is 15.9. The summed E-state index contributed by atoms with van der Waals surface area (Å²) < 4.78 is 35.0. The second-order valence-electron chi connectivity index (χ2n) is 7.53. The van der Waals surface area contributed by atoms with Crippen molar-refractivity contribution in [2.24, 2.45) is 0 Å². The summed E-state index contributed by atoms with van der Waals surface area (Å²) in [5, 5.41) is 8.76. The number of nitrogens with zero attached hydrogens (tertiary/aromatic N) is 3. The van der Waals surface area contributed by atoms with E-state index in [1.807, 2.05) is 25.1 Å². The normalized spacial score (nSPS) is 14.2. The van der Waals surface area contributed by atoms with Gasteiger partial charge in [-0.25, -0.2) is 8.42 Å². The van der Waals surface area contributed by atoms with Crippen LogP contribution in [0.4, 0.5) is 11.5 Å². The van der Waals surface area contributed by atoms with Crippen LogP contribution >= 0.6 is 15.9 Å². The van der Waals surface area contributed by atoms with Gasteiger partial charge in [-0.05, 0) is 68.7 Å².